The van der Waals surface area contributed by atoms with Gasteiger partial charge in [-0.05, 0) is 62.1 Å². The maximum absolute atomic E-state index is 15.0. The van der Waals surface area contributed by atoms with E-state index in [0.29, 0.717) is 24.5 Å². The number of hydrogen-bond acceptors (Lipinski definition) is 6. The monoisotopic (exact) mass is 608 g/mol. The number of anilines is 1. The number of likely N-dealkylation sites (tertiary alicyclic amines) is 1. The van der Waals surface area contributed by atoms with Crippen LogP contribution < -0.4 is 24.4 Å². The maximum atomic E-state index is 15.0. The Bertz CT molecular complexity index is 1330. The van der Waals surface area contributed by atoms with Crippen molar-refractivity contribution in [3.05, 3.63) is 53.3 Å². The summed E-state index contributed by atoms with van der Waals surface area (Å²) in [5.74, 6) is -3.64. The minimum atomic E-state index is -5.19. The van der Waals surface area contributed by atoms with Crippen molar-refractivity contribution in [3.8, 4) is 11.5 Å². The van der Waals surface area contributed by atoms with Crippen molar-refractivity contribution >= 4 is 23.5 Å². The van der Waals surface area contributed by atoms with Gasteiger partial charge in [-0.15, -0.1) is 0 Å². The number of benzene rings is 2. The highest BCUT2D eigenvalue weighted by Crippen LogP contribution is 2.41. The zero-order valence-electron chi connectivity index (χ0n) is 23.3. The van der Waals surface area contributed by atoms with Gasteiger partial charge in [0.05, 0.1) is 30.9 Å². The van der Waals surface area contributed by atoms with Gasteiger partial charge in [0.15, 0.2) is 11.5 Å². The molecule has 4 fully saturated rings. The molecule has 0 bridgehead atoms. The first-order valence-electron chi connectivity index (χ1n) is 14.2. The number of alkyl halides is 3. The van der Waals surface area contributed by atoms with Crippen LogP contribution in [0.1, 0.15) is 60.9 Å². The standard InChI is InChI=1S/C28H31FN2O5.C2HF3O2/c29-26-23(35-21-5-6-21)13-18(14-24(26)36-22-7-8-22)16-30-11-9-28(10-12-30)15-25(32)31(17-28)20-3-1-19(2-4-20)27(33)34;3-2(4,5)1(6)7/h1-4,13-14,21-22H,5-12,15-17H2,(H,33,34);(H,6,7). The zero-order valence-corrected chi connectivity index (χ0v) is 23.3. The van der Waals surface area contributed by atoms with Gasteiger partial charge in [0.2, 0.25) is 11.7 Å². The van der Waals surface area contributed by atoms with Crippen molar-refractivity contribution in [2.24, 2.45) is 5.41 Å². The quantitative estimate of drug-likeness (QED) is 0.442. The number of carbonyl (C=O) groups excluding carboxylic acids is 2. The van der Waals surface area contributed by atoms with E-state index in [1.165, 1.54) is 4.90 Å². The number of carboxylic acid groups (broad SMARTS) is 2. The van der Waals surface area contributed by atoms with Crippen LogP contribution in [0.4, 0.5) is 23.2 Å². The number of amides is 1. The summed E-state index contributed by atoms with van der Waals surface area (Å²) in [6.07, 6.45) is 1.34. The van der Waals surface area contributed by atoms with Gasteiger partial charge < -0.3 is 34.3 Å². The van der Waals surface area contributed by atoms with Crippen molar-refractivity contribution in [1.82, 2.24) is 0 Å². The van der Waals surface area contributed by atoms with Crippen molar-refractivity contribution in [1.29, 1.82) is 0 Å². The molecule has 2 aliphatic heterocycles. The summed E-state index contributed by atoms with van der Waals surface area (Å²) in [5, 5.41) is 17.9. The van der Waals surface area contributed by atoms with Crippen LogP contribution in [0, 0.1) is 11.2 Å². The zero-order chi connectivity index (χ0) is 30.9. The van der Waals surface area contributed by atoms with E-state index in [0.717, 1.165) is 69.4 Å². The van der Waals surface area contributed by atoms with Crippen LogP contribution in [-0.2, 0) is 16.1 Å². The highest BCUT2D eigenvalue weighted by Gasteiger charge is 2.46. The highest BCUT2D eigenvalue weighted by molar-refractivity contribution is 5.97. The van der Waals surface area contributed by atoms with Gasteiger partial charge in [0.1, 0.15) is 12.5 Å². The molecule has 43 heavy (non-hydrogen) atoms. The molecule has 2 aromatic rings. The molecule has 1 spiro atoms. The average molecular weight is 609 g/mol. The molecule has 0 atom stereocenters. The number of rotatable bonds is 8. The first kappa shape index (κ1) is 30.6. The number of hydrogen-bond donors (Lipinski definition) is 2. The van der Waals surface area contributed by atoms with Crippen LogP contribution >= 0.6 is 0 Å². The normalized spacial score (nSPS) is 23.5. The average Bonchev–Trinajstić information content (AvgIpc) is 3.89. The predicted molar refractivity (Wildman–Crippen MR) is 141 cm³/mol. The topological polar surface area (TPSA) is 121 Å². The van der Waals surface area contributed by atoms with E-state index in [1.807, 2.05) is 12.1 Å². The summed E-state index contributed by atoms with van der Waals surface area (Å²) in [6, 6.07) is 10.2. The van der Waals surface area contributed by atoms with Gasteiger partial charge in [-0.3, -0.25) is 4.79 Å². The van der Waals surface area contributed by atoms with Crippen LogP contribution in [0.15, 0.2) is 36.4 Å². The lowest BCUT2D eigenvalue weighted by Gasteiger charge is -2.36. The second kappa shape index (κ2) is 12.0. The van der Waals surface area contributed by atoms with E-state index in [4.69, 9.17) is 24.5 Å². The molecule has 13 heteroatoms. The number of aromatic carboxylic acids is 1. The number of halogens is 4. The highest BCUT2D eigenvalue weighted by atomic mass is 19.4. The Morgan fingerprint density at radius 1 is 1.00 bits per heavy atom. The lowest BCUT2D eigenvalue weighted by Crippen LogP contribution is -3.12. The van der Waals surface area contributed by atoms with Gasteiger partial charge in [-0.2, -0.15) is 17.6 Å². The van der Waals surface area contributed by atoms with Crippen molar-refractivity contribution in [2.45, 2.75) is 69.9 Å². The van der Waals surface area contributed by atoms with Crippen LogP contribution in [0.5, 0.6) is 11.5 Å². The Labute approximate surface area is 245 Å². The van der Waals surface area contributed by atoms with Crippen LogP contribution in [0.2, 0.25) is 0 Å². The Hall–Kier alpha value is -3.87. The number of carbonyl (C=O) groups is 3. The van der Waals surface area contributed by atoms with Gasteiger partial charge in [-0.25, -0.2) is 4.79 Å². The number of ether oxygens (including phenoxy) is 2. The molecule has 2 saturated heterocycles. The SMILES string of the molecule is O=C(O)c1ccc(N2CC3(CC[NH+](Cc4cc(OC5CC5)c(F)c(OC5CC5)c4)CC3)CC2=O)cc1.O=C([O-])C(F)(F)F. The summed E-state index contributed by atoms with van der Waals surface area (Å²) in [7, 11) is 0. The Kier molecular flexibility index (Phi) is 8.55. The van der Waals surface area contributed by atoms with Crippen molar-refractivity contribution in [2.75, 3.05) is 24.5 Å². The third kappa shape index (κ3) is 7.75. The second-order valence-electron chi connectivity index (χ2n) is 11.8. The number of aliphatic carboxylic acids is 1. The van der Waals surface area contributed by atoms with Crippen LogP contribution in [-0.4, -0.2) is 61.0 Å². The molecule has 9 nitrogen and oxygen atoms in total. The van der Waals surface area contributed by atoms with Crippen LogP contribution in [0.3, 0.4) is 0 Å². The molecular weight excluding hydrogens is 576 g/mol. The van der Waals surface area contributed by atoms with E-state index >= 15 is 0 Å². The molecule has 0 radical (unpaired) electrons. The van der Waals surface area contributed by atoms with Gasteiger partial charge in [0, 0.05) is 42.5 Å². The summed E-state index contributed by atoms with van der Waals surface area (Å²) < 4.78 is 58.2. The van der Waals surface area contributed by atoms with E-state index in [1.54, 1.807) is 29.2 Å². The molecule has 6 rings (SSSR count). The molecular formula is C30H32F4N2O7. The summed E-state index contributed by atoms with van der Waals surface area (Å²) in [5.41, 5.74) is 1.95. The third-order valence-electron chi connectivity index (χ3n) is 8.15. The smallest absolute Gasteiger partial charge is 0.430 e. The summed E-state index contributed by atoms with van der Waals surface area (Å²) in [6.45, 7) is 3.32. The van der Waals surface area contributed by atoms with E-state index < -0.39 is 18.1 Å². The lowest BCUT2D eigenvalue weighted by molar-refractivity contribution is -0.921. The largest absolute Gasteiger partial charge is 0.542 e. The molecule has 2 heterocycles. The van der Waals surface area contributed by atoms with Gasteiger partial charge >= 0.3 is 12.1 Å². The predicted octanol–water partition coefficient (Wildman–Crippen LogP) is 2.51. The fourth-order valence-electron chi connectivity index (χ4n) is 5.48. The Balaban J connectivity index is 0.000000472. The fourth-order valence-corrected chi connectivity index (χ4v) is 5.48. The van der Waals surface area contributed by atoms with E-state index in [2.05, 4.69) is 0 Å². The van der Waals surface area contributed by atoms with Gasteiger partial charge in [-0.1, -0.05) is 0 Å². The minimum absolute atomic E-state index is 0.0463. The fraction of sp³-hybridized carbons (Fsp3) is 0.500. The number of carboxylic acids is 2. The Morgan fingerprint density at radius 3 is 1.95 bits per heavy atom. The number of quaternary nitrogens is 1. The molecule has 0 aromatic heterocycles. The molecule has 2 aromatic carbocycles. The van der Waals surface area contributed by atoms with Crippen molar-refractivity contribution in [3.63, 3.8) is 0 Å². The van der Waals surface area contributed by atoms with Gasteiger partial charge in [0.25, 0.3) is 0 Å². The van der Waals surface area contributed by atoms with E-state index in [-0.39, 0.29) is 34.9 Å². The maximum Gasteiger partial charge on any atom is 0.430 e. The molecule has 2 N–H and O–H groups in total. The molecule has 2 aliphatic carbocycles. The van der Waals surface area contributed by atoms with E-state index in [9.17, 15) is 27.2 Å². The molecule has 4 aliphatic rings. The van der Waals surface area contributed by atoms with Crippen molar-refractivity contribution < 1.29 is 56.5 Å². The second-order valence-corrected chi connectivity index (χ2v) is 11.8. The minimum Gasteiger partial charge on any atom is -0.542 e. The first-order valence-corrected chi connectivity index (χ1v) is 14.2. The van der Waals surface area contributed by atoms with Crippen LogP contribution in [0.25, 0.3) is 0 Å². The third-order valence-corrected chi connectivity index (χ3v) is 8.15. The number of nitrogens with zero attached hydrogens (tertiary/aromatic N) is 1. The Morgan fingerprint density at radius 2 is 1.51 bits per heavy atom. The molecule has 2 saturated carbocycles. The molecule has 0 unspecified atom stereocenters. The summed E-state index contributed by atoms with van der Waals surface area (Å²) in [4.78, 5) is 36.0. The molecule has 1 amide bonds. The lowest BCUT2D eigenvalue weighted by atomic mass is 9.77. The number of nitrogens with one attached hydrogen (secondary N) is 1. The first-order chi connectivity index (χ1) is 20.3. The number of piperidine rings is 1. The molecule has 232 valence electrons. The summed E-state index contributed by atoms with van der Waals surface area (Å²) >= 11 is 0.